The molecule has 4 nitrogen and oxygen atoms in total. The van der Waals surface area contributed by atoms with Crippen LogP contribution in [0.25, 0.3) is 10.9 Å². The second-order valence-corrected chi connectivity index (χ2v) is 3.53. The summed E-state index contributed by atoms with van der Waals surface area (Å²) in [6.45, 7) is -0.396. The number of pyridine rings is 1. The predicted octanol–water partition coefficient (Wildman–Crippen LogP) is 1.70. The van der Waals surface area contributed by atoms with E-state index in [1.54, 1.807) is 30.5 Å². The van der Waals surface area contributed by atoms with Crippen LogP contribution in [-0.2, 0) is 4.79 Å². The normalized spacial score (nSPS) is 9.71. The van der Waals surface area contributed by atoms with Crippen molar-refractivity contribution in [1.82, 2.24) is 4.98 Å². The molecular formula is C11H9ClNNaO3. The summed E-state index contributed by atoms with van der Waals surface area (Å²) in [4.78, 5) is 14.5. The number of nitrogens with zero attached hydrogens (tertiary/aromatic N) is 1. The third-order valence-electron chi connectivity index (χ3n) is 2.03. The van der Waals surface area contributed by atoms with Crippen LogP contribution in [0.2, 0.25) is 5.02 Å². The number of benzene rings is 1. The molecule has 1 aromatic carbocycles. The molecule has 6 heteroatoms. The first kappa shape index (κ1) is 14.3. The molecule has 1 heterocycles. The third-order valence-corrected chi connectivity index (χ3v) is 2.36. The van der Waals surface area contributed by atoms with Crippen molar-refractivity contribution >= 4 is 58.0 Å². The number of carboxylic acids is 1. The molecule has 0 amide bonds. The van der Waals surface area contributed by atoms with E-state index < -0.39 is 12.6 Å². The molecule has 1 N–H and O–H groups in total. The van der Waals surface area contributed by atoms with Crippen LogP contribution in [0.1, 0.15) is 0 Å². The Morgan fingerprint density at radius 3 is 2.88 bits per heavy atom. The number of hydrogen-bond acceptors (Lipinski definition) is 3. The van der Waals surface area contributed by atoms with Gasteiger partial charge in [0.1, 0.15) is 11.3 Å². The van der Waals surface area contributed by atoms with Crippen LogP contribution in [0.15, 0.2) is 30.5 Å². The quantitative estimate of drug-likeness (QED) is 0.855. The molecule has 2 aromatic rings. The Bertz CT molecular complexity index is 547. The minimum atomic E-state index is -1.03. The molecule has 17 heavy (non-hydrogen) atoms. The molecule has 0 aliphatic rings. The standard InChI is InChI=1S/C11H8ClNO3.Na.H/c12-8-3-4-9(16-6-10(14)15)11-7(8)2-1-5-13-11;;/h1-5H,6H2,(H,14,15);;. The van der Waals surface area contributed by atoms with Crippen LogP contribution < -0.4 is 4.74 Å². The summed E-state index contributed by atoms with van der Waals surface area (Å²) in [5, 5.41) is 9.83. The first-order chi connectivity index (χ1) is 7.68. The van der Waals surface area contributed by atoms with E-state index in [1.165, 1.54) is 0 Å². The van der Waals surface area contributed by atoms with E-state index in [4.69, 9.17) is 21.4 Å². The van der Waals surface area contributed by atoms with Gasteiger partial charge in [0.15, 0.2) is 6.61 Å². The van der Waals surface area contributed by atoms with Gasteiger partial charge in [0.05, 0.1) is 5.02 Å². The van der Waals surface area contributed by atoms with Crippen LogP contribution in [-0.4, -0.2) is 52.2 Å². The molecule has 0 unspecified atom stereocenters. The molecule has 0 saturated carbocycles. The summed E-state index contributed by atoms with van der Waals surface area (Å²) in [5.41, 5.74) is 0.566. The van der Waals surface area contributed by atoms with E-state index in [0.717, 1.165) is 5.39 Å². The van der Waals surface area contributed by atoms with E-state index in [1.807, 2.05) is 0 Å². The van der Waals surface area contributed by atoms with Crippen molar-refractivity contribution in [2.45, 2.75) is 0 Å². The van der Waals surface area contributed by atoms with Crippen molar-refractivity contribution < 1.29 is 14.6 Å². The van der Waals surface area contributed by atoms with Gasteiger partial charge >= 0.3 is 35.5 Å². The van der Waals surface area contributed by atoms with Gasteiger partial charge in [-0.3, -0.25) is 4.98 Å². The summed E-state index contributed by atoms with van der Waals surface area (Å²) in [5.74, 6) is -0.610. The number of aliphatic carboxylic acids is 1. The number of ether oxygens (including phenoxy) is 1. The van der Waals surface area contributed by atoms with Crippen LogP contribution in [0, 0.1) is 0 Å². The van der Waals surface area contributed by atoms with Gasteiger partial charge in [-0.25, -0.2) is 4.79 Å². The molecule has 0 fully saturated rings. The number of carboxylic acid groups (broad SMARTS) is 1. The van der Waals surface area contributed by atoms with E-state index in [-0.39, 0.29) is 29.6 Å². The maximum atomic E-state index is 10.4. The number of hydrogen-bond donors (Lipinski definition) is 1. The summed E-state index contributed by atoms with van der Waals surface area (Å²) in [6.07, 6.45) is 1.60. The Hall–Kier alpha value is -0.810. The monoisotopic (exact) mass is 261 g/mol. The van der Waals surface area contributed by atoms with E-state index >= 15 is 0 Å². The average molecular weight is 262 g/mol. The Labute approximate surface area is 125 Å². The van der Waals surface area contributed by atoms with Crippen LogP contribution >= 0.6 is 11.6 Å². The van der Waals surface area contributed by atoms with Crippen molar-refractivity contribution in [2.24, 2.45) is 0 Å². The number of carbonyl (C=O) groups is 1. The topological polar surface area (TPSA) is 59.4 Å². The second kappa shape index (κ2) is 6.21. The van der Waals surface area contributed by atoms with Gasteiger partial charge in [-0.05, 0) is 24.3 Å². The summed E-state index contributed by atoms with van der Waals surface area (Å²) in [6, 6.07) is 6.83. The number of rotatable bonds is 3. The number of halogens is 1. The Morgan fingerprint density at radius 1 is 1.41 bits per heavy atom. The van der Waals surface area contributed by atoms with Gasteiger partial charge < -0.3 is 9.84 Å². The summed E-state index contributed by atoms with van der Waals surface area (Å²) < 4.78 is 5.12. The predicted molar refractivity (Wildman–Crippen MR) is 67.0 cm³/mol. The SMILES string of the molecule is O=C(O)COc1ccc(Cl)c2cccnc12.[NaH]. The van der Waals surface area contributed by atoms with Crippen molar-refractivity contribution in [1.29, 1.82) is 0 Å². The van der Waals surface area contributed by atoms with Crippen molar-refractivity contribution in [3.8, 4) is 5.75 Å². The van der Waals surface area contributed by atoms with Gasteiger partial charge in [0, 0.05) is 11.6 Å². The van der Waals surface area contributed by atoms with Crippen LogP contribution in [0.4, 0.5) is 0 Å². The van der Waals surface area contributed by atoms with Crippen LogP contribution in [0.3, 0.4) is 0 Å². The van der Waals surface area contributed by atoms with Gasteiger partial charge in [0.25, 0.3) is 0 Å². The maximum absolute atomic E-state index is 10.4. The molecule has 2 rings (SSSR count). The zero-order valence-electron chi connectivity index (χ0n) is 8.18. The average Bonchev–Trinajstić information content (AvgIpc) is 2.28. The van der Waals surface area contributed by atoms with Gasteiger partial charge in [-0.1, -0.05) is 11.6 Å². The molecule has 0 bridgehead atoms. The van der Waals surface area contributed by atoms with E-state index in [9.17, 15) is 4.79 Å². The molecule has 0 saturated heterocycles. The van der Waals surface area contributed by atoms with Crippen molar-refractivity contribution in [3.63, 3.8) is 0 Å². The molecule has 0 radical (unpaired) electrons. The van der Waals surface area contributed by atoms with Gasteiger partial charge in [-0.15, -0.1) is 0 Å². The second-order valence-electron chi connectivity index (χ2n) is 3.13. The van der Waals surface area contributed by atoms with Gasteiger partial charge in [-0.2, -0.15) is 0 Å². The molecule has 0 aliphatic heterocycles. The molecule has 0 atom stereocenters. The fourth-order valence-electron chi connectivity index (χ4n) is 1.37. The Morgan fingerprint density at radius 2 is 2.18 bits per heavy atom. The zero-order valence-corrected chi connectivity index (χ0v) is 8.94. The fraction of sp³-hybridized carbons (Fsp3) is 0.0909. The molecule has 1 aromatic heterocycles. The Balaban J connectivity index is 0.00000144. The zero-order chi connectivity index (χ0) is 11.5. The third kappa shape index (κ3) is 3.33. The number of fused-ring (bicyclic) bond motifs is 1. The van der Waals surface area contributed by atoms with E-state index in [0.29, 0.717) is 16.3 Å². The summed E-state index contributed by atoms with van der Waals surface area (Å²) in [7, 11) is 0. The first-order valence-electron chi connectivity index (χ1n) is 4.56. The van der Waals surface area contributed by atoms with Crippen LogP contribution in [0.5, 0.6) is 5.75 Å². The minimum absolute atomic E-state index is 0. The van der Waals surface area contributed by atoms with Crippen molar-refractivity contribution in [3.05, 3.63) is 35.5 Å². The molecule has 84 valence electrons. The first-order valence-corrected chi connectivity index (χ1v) is 4.94. The molecular weight excluding hydrogens is 253 g/mol. The fourth-order valence-corrected chi connectivity index (χ4v) is 1.58. The van der Waals surface area contributed by atoms with Crippen molar-refractivity contribution in [2.75, 3.05) is 6.61 Å². The molecule has 0 spiro atoms. The molecule has 0 aliphatic carbocycles. The number of aromatic nitrogens is 1. The van der Waals surface area contributed by atoms with Gasteiger partial charge in [0.2, 0.25) is 0 Å². The summed E-state index contributed by atoms with van der Waals surface area (Å²) >= 11 is 5.98. The Kier molecular flexibility index (Phi) is 5.21. The van der Waals surface area contributed by atoms with E-state index in [2.05, 4.69) is 4.98 Å².